The van der Waals surface area contributed by atoms with Gasteiger partial charge in [0.1, 0.15) is 12.6 Å². The van der Waals surface area contributed by atoms with Crippen LogP contribution in [0.15, 0.2) is 0 Å². The van der Waals surface area contributed by atoms with Crippen LogP contribution in [-0.4, -0.2) is 40.7 Å². The molecule has 0 aromatic heterocycles. The summed E-state index contributed by atoms with van der Waals surface area (Å²) in [7, 11) is 0. The summed E-state index contributed by atoms with van der Waals surface area (Å²) < 4.78 is 0. The molecule has 0 fully saturated rings. The van der Waals surface area contributed by atoms with Gasteiger partial charge in [-0.15, -0.1) is 0 Å². The van der Waals surface area contributed by atoms with Crippen LogP contribution in [0.1, 0.15) is 13.3 Å². The van der Waals surface area contributed by atoms with Gasteiger partial charge in [-0.25, -0.2) is 0 Å². The zero-order valence-electron chi connectivity index (χ0n) is 6.90. The Morgan fingerprint density at radius 2 is 1.82 bits per heavy atom. The molecule has 0 aromatic carbocycles. The Bertz CT molecular complexity index is 99.7. The molecule has 2 unspecified atom stereocenters. The maximum absolute atomic E-state index is 9.27. The standard InChI is InChI=1S/C7H17NO3/c1-5(7(11)4-8)6(10)2-3-9/h5-7,9-11H,2-4,8H2,1H3/p+1/t5?,6?,7-/m0/s1. The van der Waals surface area contributed by atoms with Crippen LogP contribution in [-0.2, 0) is 0 Å². The zero-order chi connectivity index (χ0) is 8.85. The van der Waals surface area contributed by atoms with E-state index in [4.69, 9.17) is 5.11 Å². The van der Waals surface area contributed by atoms with E-state index in [1.807, 2.05) is 0 Å². The number of aliphatic hydroxyl groups is 3. The summed E-state index contributed by atoms with van der Waals surface area (Å²) in [5.74, 6) is -0.209. The highest BCUT2D eigenvalue weighted by Crippen LogP contribution is 2.10. The molecule has 3 atom stereocenters. The quantitative estimate of drug-likeness (QED) is 0.378. The molecule has 0 heterocycles. The van der Waals surface area contributed by atoms with Crippen LogP contribution < -0.4 is 5.73 Å². The lowest BCUT2D eigenvalue weighted by molar-refractivity contribution is -0.388. The van der Waals surface area contributed by atoms with E-state index in [9.17, 15) is 10.2 Å². The molecule has 0 spiro atoms. The van der Waals surface area contributed by atoms with Gasteiger partial charge in [0.2, 0.25) is 0 Å². The van der Waals surface area contributed by atoms with Crippen LogP contribution in [0.4, 0.5) is 0 Å². The van der Waals surface area contributed by atoms with Crippen molar-refractivity contribution < 1.29 is 21.1 Å². The van der Waals surface area contributed by atoms with Gasteiger partial charge >= 0.3 is 0 Å². The molecule has 68 valence electrons. The number of hydrogen-bond acceptors (Lipinski definition) is 3. The summed E-state index contributed by atoms with van der Waals surface area (Å²) in [6.07, 6.45) is -0.883. The van der Waals surface area contributed by atoms with E-state index < -0.39 is 12.2 Å². The average molecular weight is 164 g/mol. The molecule has 4 heteroatoms. The smallest absolute Gasteiger partial charge is 0.108 e. The van der Waals surface area contributed by atoms with Crippen molar-refractivity contribution >= 4 is 0 Å². The zero-order valence-corrected chi connectivity index (χ0v) is 6.90. The SMILES string of the molecule is CC(C(O)CCO)[C@@H](O)C[NH3+]. The minimum Gasteiger partial charge on any atom is -0.396 e. The van der Waals surface area contributed by atoms with Gasteiger partial charge in [-0.3, -0.25) is 0 Å². The Morgan fingerprint density at radius 3 is 2.18 bits per heavy atom. The molecular weight excluding hydrogens is 146 g/mol. The first kappa shape index (κ1) is 10.8. The summed E-state index contributed by atoms with van der Waals surface area (Å²) >= 11 is 0. The summed E-state index contributed by atoms with van der Waals surface area (Å²) in [6, 6.07) is 0. The minimum atomic E-state index is -0.628. The van der Waals surface area contributed by atoms with E-state index in [-0.39, 0.29) is 12.5 Å². The lowest BCUT2D eigenvalue weighted by atomic mass is 9.96. The largest absolute Gasteiger partial charge is 0.396 e. The van der Waals surface area contributed by atoms with Gasteiger partial charge in [0.15, 0.2) is 0 Å². The van der Waals surface area contributed by atoms with Gasteiger partial charge in [-0.2, -0.15) is 0 Å². The van der Waals surface area contributed by atoms with Crippen molar-refractivity contribution in [2.24, 2.45) is 5.92 Å². The topological polar surface area (TPSA) is 88.3 Å². The predicted octanol–water partition coefficient (Wildman–Crippen LogP) is -2.03. The number of aliphatic hydroxyl groups excluding tert-OH is 3. The van der Waals surface area contributed by atoms with Crippen molar-refractivity contribution in [2.75, 3.05) is 13.2 Å². The lowest BCUT2D eigenvalue weighted by Crippen LogP contribution is -2.58. The highest BCUT2D eigenvalue weighted by Gasteiger charge is 2.21. The van der Waals surface area contributed by atoms with Gasteiger partial charge in [-0.1, -0.05) is 6.92 Å². The third-order valence-corrected chi connectivity index (χ3v) is 1.93. The van der Waals surface area contributed by atoms with Gasteiger partial charge in [0.05, 0.1) is 6.10 Å². The molecule has 0 aliphatic heterocycles. The fourth-order valence-electron chi connectivity index (χ4n) is 0.914. The summed E-state index contributed by atoms with van der Waals surface area (Å²) in [5, 5.41) is 27.0. The van der Waals surface area contributed by atoms with E-state index in [2.05, 4.69) is 5.73 Å². The van der Waals surface area contributed by atoms with E-state index >= 15 is 0 Å². The number of rotatable bonds is 5. The third kappa shape index (κ3) is 3.67. The molecule has 0 bridgehead atoms. The predicted molar refractivity (Wildman–Crippen MR) is 40.6 cm³/mol. The van der Waals surface area contributed by atoms with E-state index in [1.54, 1.807) is 6.92 Å². The van der Waals surface area contributed by atoms with Crippen LogP contribution in [0.5, 0.6) is 0 Å². The molecular formula is C7H18NO3+. The fourth-order valence-corrected chi connectivity index (χ4v) is 0.914. The first-order chi connectivity index (χ1) is 5.13. The molecule has 0 amide bonds. The van der Waals surface area contributed by atoms with Crippen molar-refractivity contribution in [1.82, 2.24) is 0 Å². The molecule has 0 rings (SSSR count). The lowest BCUT2D eigenvalue weighted by Gasteiger charge is -2.20. The van der Waals surface area contributed by atoms with Crippen LogP contribution >= 0.6 is 0 Å². The van der Waals surface area contributed by atoms with E-state index in [0.717, 1.165) is 0 Å². The normalized spacial score (nSPS) is 19.4. The summed E-state index contributed by atoms with van der Waals surface area (Å²) in [5.41, 5.74) is 3.53. The second kappa shape index (κ2) is 5.49. The summed E-state index contributed by atoms with van der Waals surface area (Å²) in [4.78, 5) is 0. The van der Waals surface area contributed by atoms with E-state index in [1.165, 1.54) is 0 Å². The average Bonchev–Trinajstić information content (AvgIpc) is 2.02. The molecule has 0 saturated carbocycles. The highest BCUT2D eigenvalue weighted by molar-refractivity contribution is 4.70. The Balaban J connectivity index is 3.70. The Kier molecular flexibility index (Phi) is 5.41. The van der Waals surface area contributed by atoms with Gasteiger partial charge in [0.25, 0.3) is 0 Å². The van der Waals surface area contributed by atoms with Crippen LogP contribution in [0.3, 0.4) is 0 Å². The molecule has 0 radical (unpaired) electrons. The first-order valence-electron chi connectivity index (χ1n) is 3.89. The van der Waals surface area contributed by atoms with Crippen molar-refractivity contribution in [1.29, 1.82) is 0 Å². The fraction of sp³-hybridized carbons (Fsp3) is 1.00. The number of quaternary nitrogens is 1. The second-order valence-corrected chi connectivity index (χ2v) is 2.79. The summed E-state index contributed by atoms with van der Waals surface area (Å²) in [6.45, 7) is 2.09. The second-order valence-electron chi connectivity index (χ2n) is 2.79. The third-order valence-electron chi connectivity index (χ3n) is 1.93. The van der Waals surface area contributed by atoms with Gasteiger partial charge in [0, 0.05) is 12.5 Å². The van der Waals surface area contributed by atoms with Crippen molar-refractivity contribution in [3.05, 3.63) is 0 Å². The molecule has 0 aromatic rings. The Morgan fingerprint density at radius 1 is 1.27 bits per heavy atom. The van der Waals surface area contributed by atoms with Gasteiger partial charge < -0.3 is 21.1 Å². The van der Waals surface area contributed by atoms with Crippen LogP contribution in [0.25, 0.3) is 0 Å². The molecule has 11 heavy (non-hydrogen) atoms. The van der Waals surface area contributed by atoms with Crippen molar-refractivity contribution in [3.63, 3.8) is 0 Å². The molecule has 0 saturated heterocycles. The maximum Gasteiger partial charge on any atom is 0.108 e. The number of hydrogen-bond donors (Lipinski definition) is 4. The molecule has 0 aliphatic carbocycles. The molecule has 0 aliphatic rings. The van der Waals surface area contributed by atoms with E-state index in [0.29, 0.717) is 13.0 Å². The van der Waals surface area contributed by atoms with Crippen LogP contribution in [0, 0.1) is 5.92 Å². The Hall–Kier alpha value is -0.160. The molecule has 4 nitrogen and oxygen atoms in total. The van der Waals surface area contributed by atoms with Crippen molar-refractivity contribution in [3.8, 4) is 0 Å². The highest BCUT2D eigenvalue weighted by atomic mass is 16.3. The van der Waals surface area contributed by atoms with Crippen LogP contribution in [0.2, 0.25) is 0 Å². The van der Waals surface area contributed by atoms with Gasteiger partial charge in [-0.05, 0) is 6.42 Å². The maximum atomic E-state index is 9.27. The first-order valence-corrected chi connectivity index (χ1v) is 3.89. The van der Waals surface area contributed by atoms with Crippen molar-refractivity contribution in [2.45, 2.75) is 25.6 Å². The monoisotopic (exact) mass is 164 g/mol. The Labute approximate surface area is 66.7 Å². The molecule has 6 N–H and O–H groups in total. The minimum absolute atomic E-state index is 0.0463.